The van der Waals surface area contributed by atoms with E-state index in [-0.39, 0.29) is 6.10 Å². The predicted molar refractivity (Wildman–Crippen MR) is 57.3 cm³/mol. The highest BCUT2D eigenvalue weighted by molar-refractivity contribution is 5.17. The van der Waals surface area contributed by atoms with Crippen molar-refractivity contribution in [1.29, 1.82) is 0 Å². The molecule has 0 aromatic rings. The number of hydrogen-bond acceptors (Lipinski definition) is 3. The molecule has 15 heavy (non-hydrogen) atoms. The lowest BCUT2D eigenvalue weighted by Gasteiger charge is -2.43. The van der Waals surface area contributed by atoms with Gasteiger partial charge in [-0.2, -0.15) is 0 Å². The molecular formula is C12H19NO2. The fourth-order valence-electron chi connectivity index (χ4n) is 3.72. The average molecular weight is 209 g/mol. The number of aliphatic hydroxyl groups excluding tert-OH is 1. The van der Waals surface area contributed by atoms with Crippen molar-refractivity contribution in [1.82, 2.24) is 4.90 Å². The number of methoxy groups -OCH3 is 1. The summed E-state index contributed by atoms with van der Waals surface area (Å²) in [6, 6.07) is 0.550. The third kappa shape index (κ3) is 1.33. The molecule has 2 aliphatic heterocycles. The van der Waals surface area contributed by atoms with Crippen LogP contribution in [-0.4, -0.2) is 42.4 Å². The maximum absolute atomic E-state index is 10.1. The molecule has 0 amide bonds. The third-order valence-corrected chi connectivity index (χ3v) is 4.36. The van der Waals surface area contributed by atoms with Gasteiger partial charge in [-0.05, 0) is 38.4 Å². The van der Waals surface area contributed by atoms with Gasteiger partial charge in [0.1, 0.15) is 0 Å². The van der Waals surface area contributed by atoms with Crippen LogP contribution in [-0.2, 0) is 4.74 Å². The fourth-order valence-corrected chi connectivity index (χ4v) is 3.72. The molecule has 0 saturated carbocycles. The fraction of sp³-hybridized carbons (Fsp3) is 0.833. The summed E-state index contributed by atoms with van der Waals surface area (Å²) in [6.45, 7) is 2.37. The molecule has 3 aliphatic rings. The van der Waals surface area contributed by atoms with Crippen molar-refractivity contribution >= 4 is 0 Å². The van der Waals surface area contributed by atoms with E-state index in [0.29, 0.717) is 17.9 Å². The minimum absolute atomic E-state index is 0.288. The van der Waals surface area contributed by atoms with Gasteiger partial charge in [0, 0.05) is 17.9 Å². The van der Waals surface area contributed by atoms with Gasteiger partial charge in [-0.25, -0.2) is 0 Å². The summed E-state index contributed by atoms with van der Waals surface area (Å²) in [5.41, 5.74) is 0. The number of rotatable bonds is 1. The van der Waals surface area contributed by atoms with E-state index in [1.165, 1.54) is 19.4 Å². The lowest BCUT2D eigenvalue weighted by Crippen LogP contribution is -2.49. The molecule has 0 bridgehead atoms. The minimum Gasteiger partial charge on any atom is -0.501 e. The van der Waals surface area contributed by atoms with Crippen LogP contribution in [0, 0.1) is 11.8 Å². The summed E-state index contributed by atoms with van der Waals surface area (Å²) < 4.78 is 5.43. The Morgan fingerprint density at radius 2 is 2.27 bits per heavy atom. The van der Waals surface area contributed by atoms with E-state index in [1.807, 2.05) is 6.08 Å². The smallest absolute Gasteiger partial charge is 0.0988 e. The molecule has 2 heterocycles. The Morgan fingerprint density at radius 1 is 1.40 bits per heavy atom. The Bertz CT molecular complexity index is 289. The number of aliphatic hydroxyl groups is 1. The Balaban J connectivity index is 1.95. The van der Waals surface area contributed by atoms with Crippen LogP contribution in [0.1, 0.15) is 19.3 Å². The highest BCUT2D eigenvalue weighted by Crippen LogP contribution is 2.44. The Kier molecular flexibility index (Phi) is 2.25. The first-order chi connectivity index (χ1) is 7.31. The molecule has 3 heteroatoms. The first-order valence-electron chi connectivity index (χ1n) is 5.99. The quantitative estimate of drug-likeness (QED) is 0.699. The summed E-state index contributed by atoms with van der Waals surface area (Å²) in [5, 5.41) is 10.1. The molecule has 2 saturated heterocycles. The maximum atomic E-state index is 10.1. The monoisotopic (exact) mass is 209 g/mol. The summed E-state index contributed by atoms with van der Waals surface area (Å²) in [4.78, 5) is 2.55. The second-order valence-corrected chi connectivity index (χ2v) is 4.99. The van der Waals surface area contributed by atoms with Crippen LogP contribution < -0.4 is 0 Å². The topological polar surface area (TPSA) is 32.7 Å². The van der Waals surface area contributed by atoms with E-state index in [9.17, 15) is 5.11 Å². The number of hydrogen-bond donors (Lipinski definition) is 1. The van der Waals surface area contributed by atoms with Gasteiger partial charge in [0.05, 0.1) is 19.0 Å². The van der Waals surface area contributed by atoms with Crippen LogP contribution in [0.25, 0.3) is 0 Å². The minimum atomic E-state index is -0.288. The number of ether oxygens (including phenoxy) is 1. The van der Waals surface area contributed by atoms with E-state index >= 15 is 0 Å². The molecule has 2 fully saturated rings. The molecule has 4 atom stereocenters. The molecule has 1 aliphatic carbocycles. The number of nitrogens with zero attached hydrogens (tertiary/aromatic N) is 1. The molecule has 3 rings (SSSR count). The van der Waals surface area contributed by atoms with Crippen LogP contribution in [0.3, 0.4) is 0 Å². The second-order valence-electron chi connectivity index (χ2n) is 4.99. The second kappa shape index (κ2) is 3.49. The molecule has 84 valence electrons. The van der Waals surface area contributed by atoms with Crippen LogP contribution in [0.5, 0.6) is 0 Å². The van der Waals surface area contributed by atoms with Gasteiger partial charge in [-0.15, -0.1) is 0 Å². The highest BCUT2D eigenvalue weighted by Gasteiger charge is 2.48. The first kappa shape index (κ1) is 9.67. The third-order valence-electron chi connectivity index (χ3n) is 4.36. The molecule has 1 N–H and O–H groups in total. The summed E-state index contributed by atoms with van der Waals surface area (Å²) >= 11 is 0. The number of piperidine rings is 1. The SMILES string of the molecule is COC1=C[C@H](O)[C@@H]2CCN3CCC[C@@H]1[C@@H]23. The molecule has 0 aromatic heterocycles. The first-order valence-corrected chi connectivity index (χ1v) is 5.99. The Morgan fingerprint density at radius 3 is 3.07 bits per heavy atom. The van der Waals surface area contributed by atoms with Crippen molar-refractivity contribution in [2.24, 2.45) is 11.8 Å². The van der Waals surface area contributed by atoms with E-state index in [0.717, 1.165) is 18.7 Å². The van der Waals surface area contributed by atoms with Gasteiger partial charge in [0.15, 0.2) is 0 Å². The lowest BCUT2D eigenvalue weighted by atomic mass is 9.75. The zero-order valence-corrected chi connectivity index (χ0v) is 9.22. The molecule has 0 aromatic carbocycles. The molecule has 0 unspecified atom stereocenters. The zero-order chi connectivity index (χ0) is 10.4. The van der Waals surface area contributed by atoms with Gasteiger partial charge in [0.25, 0.3) is 0 Å². The Hall–Kier alpha value is -0.540. The standard InChI is InChI=1S/C12H19NO2/c1-15-11-7-10(14)8-4-6-13-5-2-3-9(11)12(8)13/h7-10,12,14H,2-6H2,1H3/t8-,9-,10-,12+/m0/s1. The van der Waals surface area contributed by atoms with Gasteiger partial charge in [0.2, 0.25) is 0 Å². The molecule has 0 spiro atoms. The van der Waals surface area contributed by atoms with Crippen LogP contribution >= 0.6 is 0 Å². The van der Waals surface area contributed by atoms with Crippen LogP contribution in [0.4, 0.5) is 0 Å². The largest absolute Gasteiger partial charge is 0.501 e. The summed E-state index contributed by atoms with van der Waals surface area (Å²) in [7, 11) is 1.73. The van der Waals surface area contributed by atoms with Crippen LogP contribution in [0.15, 0.2) is 11.8 Å². The van der Waals surface area contributed by atoms with Crippen molar-refractivity contribution in [2.75, 3.05) is 20.2 Å². The summed E-state index contributed by atoms with van der Waals surface area (Å²) in [6.07, 6.45) is 5.30. The molecular weight excluding hydrogens is 190 g/mol. The Labute approximate surface area is 90.7 Å². The average Bonchev–Trinajstić information content (AvgIpc) is 2.69. The van der Waals surface area contributed by atoms with E-state index in [1.54, 1.807) is 7.11 Å². The molecule has 0 radical (unpaired) electrons. The van der Waals surface area contributed by atoms with Crippen molar-refractivity contribution in [3.63, 3.8) is 0 Å². The van der Waals surface area contributed by atoms with Gasteiger partial charge in [-0.3, -0.25) is 4.90 Å². The molecule has 3 nitrogen and oxygen atoms in total. The van der Waals surface area contributed by atoms with Gasteiger partial charge < -0.3 is 9.84 Å². The van der Waals surface area contributed by atoms with Crippen molar-refractivity contribution in [3.05, 3.63) is 11.8 Å². The van der Waals surface area contributed by atoms with Crippen molar-refractivity contribution in [2.45, 2.75) is 31.4 Å². The predicted octanol–water partition coefficient (Wildman–Crippen LogP) is 0.992. The lowest BCUT2D eigenvalue weighted by molar-refractivity contribution is 0.0287. The van der Waals surface area contributed by atoms with Crippen molar-refractivity contribution < 1.29 is 9.84 Å². The van der Waals surface area contributed by atoms with Gasteiger partial charge >= 0.3 is 0 Å². The van der Waals surface area contributed by atoms with E-state index in [2.05, 4.69) is 4.90 Å². The van der Waals surface area contributed by atoms with E-state index in [4.69, 9.17) is 4.74 Å². The van der Waals surface area contributed by atoms with Crippen molar-refractivity contribution in [3.8, 4) is 0 Å². The van der Waals surface area contributed by atoms with Crippen LogP contribution in [0.2, 0.25) is 0 Å². The van der Waals surface area contributed by atoms with E-state index < -0.39 is 0 Å². The highest BCUT2D eigenvalue weighted by atomic mass is 16.5. The normalized spacial score (nSPS) is 44.8. The summed E-state index contributed by atoms with van der Waals surface area (Å²) in [5.74, 6) is 2.02. The van der Waals surface area contributed by atoms with Gasteiger partial charge in [-0.1, -0.05) is 0 Å². The maximum Gasteiger partial charge on any atom is 0.0988 e. The zero-order valence-electron chi connectivity index (χ0n) is 9.22.